The lowest BCUT2D eigenvalue weighted by molar-refractivity contribution is 0.672. The molecule has 0 N–H and O–H groups in total. The average molecular weight is 942 g/mol. The summed E-state index contributed by atoms with van der Waals surface area (Å²) in [6.45, 7) is 0. The number of furan rings is 1. The maximum absolute atomic E-state index is 7.12. The van der Waals surface area contributed by atoms with Crippen LogP contribution in [-0.2, 0) is 10.8 Å². The van der Waals surface area contributed by atoms with E-state index >= 15 is 0 Å². The molecule has 2 nitrogen and oxygen atoms in total. The highest BCUT2D eigenvalue weighted by Crippen LogP contribution is 2.60. The first-order valence-electron chi connectivity index (χ1n) is 25.7. The minimum Gasteiger partial charge on any atom is -0.455 e. The van der Waals surface area contributed by atoms with E-state index in [0.717, 1.165) is 49.8 Å². The molecule has 346 valence electrons. The number of hydrogen-bond acceptors (Lipinski definition) is 2. The van der Waals surface area contributed by atoms with Crippen LogP contribution in [0.3, 0.4) is 0 Å². The Morgan fingerprint density at radius 3 is 1.20 bits per heavy atom. The fourth-order valence-corrected chi connectivity index (χ4v) is 13.2. The summed E-state index contributed by atoms with van der Waals surface area (Å²) in [6, 6.07) is 105. The molecule has 0 saturated heterocycles. The van der Waals surface area contributed by atoms with Gasteiger partial charge in [0.25, 0.3) is 0 Å². The van der Waals surface area contributed by atoms with Crippen LogP contribution < -0.4 is 4.90 Å². The Morgan fingerprint density at radius 2 is 0.703 bits per heavy atom. The summed E-state index contributed by atoms with van der Waals surface area (Å²) in [4.78, 5) is 2.52. The summed E-state index contributed by atoms with van der Waals surface area (Å²) in [7, 11) is 0. The number of rotatable bonds is 8. The van der Waals surface area contributed by atoms with Crippen LogP contribution in [0.2, 0.25) is 0 Å². The summed E-state index contributed by atoms with van der Waals surface area (Å²) in [6.07, 6.45) is 0. The first kappa shape index (κ1) is 42.2. The number of hydrogen-bond donors (Lipinski definition) is 0. The fourth-order valence-electron chi connectivity index (χ4n) is 13.2. The topological polar surface area (TPSA) is 16.4 Å². The Morgan fingerprint density at radius 1 is 0.284 bits per heavy atom. The quantitative estimate of drug-likeness (QED) is 0.151. The van der Waals surface area contributed by atoms with Crippen molar-refractivity contribution in [2.24, 2.45) is 0 Å². The van der Waals surface area contributed by atoms with E-state index in [2.05, 4.69) is 290 Å². The molecule has 1 aromatic heterocycles. The van der Waals surface area contributed by atoms with Gasteiger partial charge in [0, 0.05) is 22.1 Å². The number of anilines is 3. The first-order chi connectivity index (χ1) is 36.7. The van der Waals surface area contributed by atoms with E-state index in [1.54, 1.807) is 0 Å². The second-order valence-corrected chi connectivity index (χ2v) is 19.8. The van der Waals surface area contributed by atoms with Crippen LogP contribution in [-0.4, -0.2) is 0 Å². The smallest absolute Gasteiger partial charge is 0.143 e. The van der Waals surface area contributed by atoms with Gasteiger partial charge in [-0.25, -0.2) is 0 Å². The summed E-state index contributed by atoms with van der Waals surface area (Å²) >= 11 is 0. The summed E-state index contributed by atoms with van der Waals surface area (Å²) in [5, 5.41) is 4.39. The van der Waals surface area contributed by atoms with Crippen molar-refractivity contribution >= 4 is 49.8 Å². The lowest BCUT2D eigenvalue weighted by Crippen LogP contribution is -2.29. The normalized spacial score (nSPS) is 13.6. The molecule has 0 bridgehead atoms. The molecule has 13 aromatic rings. The first-order valence-corrected chi connectivity index (χ1v) is 25.7. The minimum absolute atomic E-state index is 0.594. The zero-order valence-corrected chi connectivity index (χ0v) is 40.5. The van der Waals surface area contributed by atoms with Crippen molar-refractivity contribution < 1.29 is 4.42 Å². The van der Waals surface area contributed by atoms with E-state index in [0.29, 0.717) is 0 Å². The van der Waals surface area contributed by atoms with Gasteiger partial charge in [-0.3, -0.25) is 0 Å². The predicted octanol–water partition coefficient (Wildman–Crippen LogP) is 18.6. The van der Waals surface area contributed by atoms with Crippen molar-refractivity contribution in [2.45, 2.75) is 10.8 Å². The van der Waals surface area contributed by atoms with Gasteiger partial charge in [0.1, 0.15) is 11.2 Å². The van der Waals surface area contributed by atoms with E-state index < -0.39 is 10.8 Å². The molecule has 0 amide bonds. The van der Waals surface area contributed by atoms with Gasteiger partial charge in [-0.1, -0.05) is 243 Å². The number of nitrogens with zero attached hydrogens (tertiary/aromatic N) is 1. The van der Waals surface area contributed by atoms with E-state index in [9.17, 15) is 0 Å². The Balaban J connectivity index is 1.06. The molecule has 12 aromatic carbocycles. The molecule has 0 radical (unpaired) electrons. The van der Waals surface area contributed by atoms with Crippen LogP contribution >= 0.6 is 0 Å². The molecule has 0 unspecified atom stereocenters. The molecule has 15 rings (SSSR count). The van der Waals surface area contributed by atoms with Gasteiger partial charge < -0.3 is 9.32 Å². The van der Waals surface area contributed by atoms with Gasteiger partial charge in [0.2, 0.25) is 0 Å². The predicted molar refractivity (Wildman–Crippen MR) is 306 cm³/mol. The van der Waals surface area contributed by atoms with E-state index in [-0.39, 0.29) is 0 Å². The van der Waals surface area contributed by atoms with Crippen molar-refractivity contribution in [3.05, 3.63) is 330 Å². The van der Waals surface area contributed by atoms with Crippen LogP contribution in [0.1, 0.15) is 44.5 Å². The van der Waals surface area contributed by atoms with Gasteiger partial charge in [0.05, 0.1) is 21.9 Å². The maximum atomic E-state index is 7.12. The Bertz CT molecular complexity index is 4030. The molecule has 74 heavy (non-hydrogen) atoms. The van der Waals surface area contributed by atoms with Crippen LogP contribution in [0, 0.1) is 0 Å². The van der Waals surface area contributed by atoms with Crippen molar-refractivity contribution in [3.8, 4) is 33.4 Å². The average Bonchev–Trinajstić information content (AvgIpc) is 4.13. The largest absolute Gasteiger partial charge is 0.455 e. The molecular weight excluding hydrogens is 895 g/mol. The lowest BCUT2D eigenvalue weighted by Gasteiger charge is -2.36. The molecule has 2 aliphatic carbocycles. The highest BCUT2D eigenvalue weighted by Gasteiger charge is 2.48. The van der Waals surface area contributed by atoms with Gasteiger partial charge in [-0.15, -0.1) is 0 Å². The van der Waals surface area contributed by atoms with Gasteiger partial charge in [0.15, 0.2) is 0 Å². The summed E-state index contributed by atoms with van der Waals surface area (Å²) in [5.41, 5.74) is 21.0. The van der Waals surface area contributed by atoms with Crippen LogP contribution in [0.5, 0.6) is 0 Å². The van der Waals surface area contributed by atoms with Gasteiger partial charge in [-0.2, -0.15) is 0 Å². The van der Waals surface area contributed by atoms with Crippen molar-refractivity contribution in [1.29, 1.82) is 0 Å². The molecule has 0 fully saturated rings. The summed E-state index contributed by atoms with van der Waals surface area (Å²) in [5.74, 6) is 0. The van der Waals surface area contributed by atoms with E-state index in [4.69, 9.17) is 4.42 Å². The van der Waals surface area contributed by atoms with Crippen LogP contribution in [0.4, 0.5) is 17.1 Å². The SMILES string of the molecule is c1ccc(-c2cc3c(oc4cccc(N(c5ccc6c(c5)C(c5ccccc5)(c5ccccc5)c5ccccc5-6)c5ccc6c(c5)C(c5ccccc5)(c5ccccc5)c5ccccc5-6)c43)c3ccccc23)cc1. The fraction of sp³-hybridized carbons (Fsp3) is 0.0278. The Labute approximate surface area is 430 Å². The molecule has 0 atom stereocenters. The van der Waals surface area contributed by atoms with Crippen LogP contribution in [0.25, 0.3) is 66.1 Å². The highest BCUT2D eigenvalue weighted by molar-refractivity contribution is 6.22. The molecule has 2 aliphatic rings. The molecular formula is C72H47NO. The zero-order valence-electron chi connectivity index (χ0n) is 40.5. The second kappa shape index (κ2) is 16.5. The Hall–Kier alpha value is -9.50. The van der Waals surface area contributed by atoms with Crippen molar-refractivity contribution in [1.82, 2.24) is 0 Å². The molecule has 0 saturated carbocycles. The Kier molecular flexibility index (Phi) is 9.43. The third kappa shape index (κ3) is 5.94. The standard InChI is InChI=1S/C72H47NO/c1-6-23-48(24-7-1)61-47-62-69-67(39-22-40-68(69)74-70(62)60-36-17-16-33-55(60)61)73(53-41-43-58-56-34-18-20-37-63(56)71(65(58)45-53,49-25-8-2-9-26-49)50-27-10-3-11-28-50)54-42-44-59-57-35-19-21-38-64(57)72(66(59)46-54,51-29-12-4-13-30-51)52-31-14-5-15-32-52/h1-47H. The lowest BCUT2D eigenvalue weighted by atomic mass is 9.67. The third-order valence-electron chi connectivity index (χ3n) is 16.2. The number of benzene rings is 12. The van der Waals surface area contributed by atoms with E-state index in [1.807, 2.05) is 0 Å². The molecule has 0 spiro atoms. The van der Waals surface area contributed by atoms with Crippen molar-refractivity contribution in [2.75, 3.05) is 4.90 Å². The molecule has 0 aliphatic heterocycles. The third-order valence-corrected chi connectivity index (χ3v) is 16.2. The zero-order chi connectivity index (χ0) is 48.8. The van der Waals surface area contributed by atoms with Crippen molar-refractivity contribution in [3.63, 3.8) is 0 Å². The highest BCUT2D eigenvalue weighted by atomic mass is 16.3. The number of fused-ring (bicyclic) bond motifs is 11. The van der Waals surface area contributed by atoms with Gasteiger partial charge in [-0.05, 0) is 126 Å². The minimum atomic E-state index is -0.594. The summed E-state index contributed by atoms with van der Waals surface area (Å²) < 4.78 is 7.12. The van der Waals surface area contributed by atoms with Gasteiger partial charge >= 0.3 is 0 Å². The maximum Gasteiger partial charge on any atom is 0.143 e. The molecule has 2 heteroatoms. The van der Waals surface area contributed by atoms with Crippen LogP contribution in [0.15, 0.2) is 290 Å². The monoisotopic (exact) mass is 941 g/mol. The molecule has 1 heterocycles. The second-order valence-electron chi connectivity index (χ2n) is 19.8. The van der Waals surface area contributed by atoms with E-state index in [1.165, 1.54) is 77.9 Å².